The zero-order chi connectivity index (χ0) is 10.7. The molecule has 2 rings (SSSR count). The molecule has 0 spiro atoms. The highest BCUT2D eigenvalue weighted by atomic mass is 19.1. The summed E-state index contributed by atoms with van der Waals surface area (Å²) >= 11 is 0. The van der Waals surface area contributed by atoms with E-state index >= 15 is 0 Å². The molecule has 1 aliphatic heterocycles. The van der Waals surface area contributed by atoms with Crippen LogP contribution in [0.25, 0.3) is 0 Å². The monoisotopic (exact) mass is 214 g/mol. The molecule has 88 valence electrons. The summed E-state index contributed by atoms with van der Waals surface area (Å²) in [6.07, 6.45) is 7.57. The third-order valence-corrected chi connectivity index (χ3v) is 4.17. The van der Waals surface area contributed by atoms with E-state index in [-0.39, 0.29) is 6.67 Å². The molecule has 0 amide bonds. The van der Waals surface area contributed by atoms with Crippen molar-refractivity contribution in [2.24, 2.45) is 17.8 Å². The van der Waals surface area contributed by atoms with Crippen molar-refractivity contribution in [1.29, 1.82) is 0 Å². The molecule has 0 aromatic rings. The van der Waals surface area contributed by atoms with Gasteiger partial charge in [0.15, 0.2) is 0 Å². The molecule has 1 saturated heterocycles. The van der Waals surface area contributed by atoms with Gasteiger partial charge in [-0.15, -0.1) is 0 Å². The second-order valence-corrected chi connectivity index (χ2v) is 5.49. The first kappa shape index (κ1) is 11.4. The Labute approximate surface area is 92.4 Å². The van der Waals surface area contributed by atoms with Gasteiger partial charge in [0.25, 0.3) is 0 Å². The second-order valence-electron chi connectivity index (χ2n) is 5.49. The van der Waals surface area contributed by atoms with Crippen LogP contribution in [0.3, 0.4) is 0 Å². The van der Waals surface area contributed by atoms with Crippen LogP contribution in [0.15, 0.2) is 0 Å². The molecule has 15 heavy (non-hydrogen) atoms. The third-order valence-electron chi connectivity index (χ3n) is 4.17. The predicted molar refractivity (Wildman–Crippen MR) is 59.6 cm³/mol. The molecule has 1 aliphatic carbocycles. The van der Waals surface area contributed by atoms with Crippen molar-refractivity contribution < 1.29 is 9.13 Å². The Balaban J connectivity index is 1.75. The molecule has 0 N–H and O–H groups in total. The summed E-state index contributed by atoms with van der Waals surface area (Å²) < 4.78 is 18.4. The predicted octanol–water partition coefficient (Wildman–Crippen LogP) is 3.58. The van der Waals surface area contributed by atoms with E-state index in [2.05, 4.69) is 6.92 Å². The van der Waals surface area contributed by atoms with Crippen molar-refractivity contribution in [3.8, 4) is 0 Å². The van der Waals surface area contributed by atoms with Gasteiger partial charge in [0, 0.05) is 6.61 Å². The van der Waals surface area contributed by atoms with Crippen molar-refractivity contribution in [3.05, 3.63) is 0 Å². The number of hydrogen-bond acceptors (Lipinski definition) is 1. The summed E-state index contributed by atoms with van der Waals surface area (Å²) in [6.45, 7) is 3.08. The zero-order valence-electron chi connectivity index (χ0n) is 9.75. The van der Waals surface area contributed by atoms with E-state index < -0.39 is 0 Å². The molecule has 2 fully saturated rings. The Hall–Kier alpha value is -0.110. The highest BCUT2D eigenvalue weighted by Gasteiger charge is 2.30. The Kier molecular flexibility index (Phi) is 4.01. The fourth-order valence-corrected chi connectivity index (χ4v) is 2.99. The van der Waals surface area contributed by atoms with E-state index in [0.29, 0.717) is 12.0 Å². The van der Waals surface area contributed by atoms with Gasteiger partial charge in [-0.25, -0.2) is 0 Å². The van der Waals surface area contributed by atoms with Gasteiger partial charge in [0.05, 0.1) is 12.8 Å². The molecule has 1 heterocycles. The van der Waals surface area contributed by atoms with Crippen molar-refractivity contribution in [2.45, 2.75) is 51.6 Å². The average Bonchev–Trinajstić information content (AvgIpc) is 2.30. The minimum atomic E-state index is -0.116. The number of alkyl halides is 1. The fourth-order valence-electron chi connectivity index (χ4n) is 2.99. The molecule has 1 saturated carbocycles. The van der Waals surface area contributed by atoms with Crippen LogP contribution in [0, 0.1) is 17.8 Å². The number of rotatable bonds is 2. The van der Waals surface area contributed by atoms with Gasteiger partial charge < -0.3 is 4.74 Å². The summed E-state index contributed by atoms with van der Waals surface area (Å²) in [4.78, 5) is 0. The van der Waals surface area contributed by atoms with Gasteiger partial charge in [-0.05, 0) is 56.3 Å². The quantitative estimate of drug-likeness (QED) is 0.682. The molecule has 2 aliphatic rings. The summed E-state index contributed by atoms with van der Waals surface area (Å²) in [7, 11) is 0. The van der Waals surface area contributed by atoms with Gasteiger partial charge in [0.1, 0.15) is 0 Å². The largest absolute Gasteiger partial charge is 0.378 e. The van der Waals surface area contributed by atoms with Crippen molar-refractivity contribution in [1.82, 2.24) is 0 Å². The van der Waals surface area contributed by atoms with Gasteiger partial charge in [0.2, 0.25) is 0 Å². The topological polar surface area (TPSA) is 9.23 Å². The third kappa shape index (κ3) is 2.93. The highest BCUT2D eigenvalue weighted by Crippen LogP contribution is 2.35. The van der Waals surface area contributed by atoms with Crippen LogP contribution in [0.5, 0.6) is 0 Å². The smallest absolute Gasteiger partial charge is 0.0922 e. The van der Waals surface area contributed by atoms with Crippen LogP contribution in [0.1, 0.15) is 45.4 Å². The Morgan fingerprint density at radius 1 is 1.07 bits per heavy atom. The second kappa shape index (κ2) is 5.29. The highest BCUT2D eigenvalue weighted by molar-refractivity contribution is 4.80. The van der Waals surface area contributed by atoms with Crippen molar-refractivity contribution in [2.75, 3.05) is 13.3 Å². The normalized spacial score (nSPS) is 42.8. The molecule has 0 aromatic heterocycles. The lowest BCUT2D eigenvalue weighted by atomic mass is 9.78. The van der Waals surface area contributed by atoms with E-state index in [1.165, 1.54) is 25.7 Å². The Bertz CT molecular complexity index is 179. The standard InChI is InChI=1S/C13H23FO/c1-10-2-7-13(15-9-10)12-5-3-11(8-14)4-6-12/h10-13H,2-9H2,1H3. The van der Waals surface area contributed by atoms with Crippen LogP contribution < -0.4 is 0 Å². The van der Waals surface area contributed by atoms with E-state index in [1.807, 2.05) is 0 Å². The first-order valence-corrected chi connectivity index (χ1v) is 6.47. The number of halogens is 1. The maximum atomic E-state index is 12.5. The van der Waals surface area contributed by atoms with Crippen LogP contribution in [0.2, 0.25) is 0 Å². The van der Waals surface area contributed by atoms with Gasteiger partial charge in [-0.3, -0.25) is 4.39 Å². The van der Waals surface area contributed by atoms with E-state index in [0.717, 1.165) is 31.3 Å². The Morgan fingerprint density at radius 2 is 1.80 bits per heavy atom. The van der Waals surface area contributed by atoms with Gasteiger partial charge >= 0.3 is 0 Å². The fraction of sp³-hybridized carbons (Fsp3) is 1.00. The van der Waals surface area contributed by atoms with Gasteiger partial charge in [-0.2, -0.15) is 0 Å². The van der Waals surface area contributed by atoms with Crippen LogP contribution in [-0.2, 0) is 4.74 Å². The molecular weight excluding hydrogens is 191 g/mol. The molecule has 0 radical (unpaired) electrons. The van der Waals surface area contributed by atoms with Gasteiger partial charge in [-0.1, -0.05) is 6.92 Å². The SMILES string of the molecule is CC1CCC(C2CCC(CF)CC2)OC1. The molecule has 2 heteroatoms. The molecule has 2 atom stereocenters. The van der Waals surface area contributed by atoms with E-state index in [9.17, 15) is 4.39 Å². The van der Waals surface area contributed by atoms with Crippen LogP contribution in [-0.4, -0.2) is 19.4 Å². The van der Waals surface area contributed by atoms with Crippen molar-refractivity contribution >= 4 is 0 Å². The molecule has 0 aromatic carbocycles. The summed E-state index contributed by atoms with van der Waals surface area (Å²) in [5.74, 6) is 1.81. The molecule has 2 unspecified atom stereocenters. The van der Waals surface area contributed by atoms with Crippen LogP contribution in [0.4, 0.5) is 4.39 Å². The average molecular weight is 214 g/mol. The Morgan fingerprint density at radius 3 is 2.33 bits per heavy atom. The lowest BCUT2D eigenvalue weighted by molar-refractivity contribution is -0.0549. The molecule has 0 bridgehead atoms. The summed E-state index contributed by atoms with van der Waals surface area (Å²) in [6, 6.07) is 0. The summed E-state index contributed by atoms with van der Waals surface area (Å²) in [5, 5.41) is 0. The van der Waals surface area contributed by atoms with E-state index in [4.69, 9.17) is 4.74 Å². The minimum Gasteiger partial charge on any atom is -0.378 e. The number of ether oxygens (including phenoxy) is 1. The van der Waals surface area contributed by atoms with Crippen LogP contribution >= 0.6 is 0 Å². The molecule has 1 nitrogen and oxygen atoms in total. The first-order valence-electron chi connectivity index (χ1n) is 6.47. The first-order chi connectivity index (χ1) is 7.29. The maximum absolute atomic E-state index is 12.5. The lowest BCUT2D eigenvalue weighted by Gasteiger charge is -2.36. The lowest BCUT2D eigenvalue weighted by Crippen LogP contribution is -2.33. The zero-order valence-corrected chi connectivity index (χ0v) is 9.75. The van der Waals surface area contributed by atoms with Crippen molar-refractivity contribution in [3.63, 3.8) is 0 Å². The maximum Gasteiger partial charge on any atom is 0.0922 e. The molecular formula is C13H23FO. The summed E-state index contributed by atoms with van der Waals surface area (Å²) in [5.41, 5.74) is 0. The number of hydrogen-bond donors (Lipinski definition) is 0. The minimum absolute atomic E-state index is 0.116. The van der Waals surface area contributed by atoms with E-state index in [1.54, 1.807) is 0 Å².